The topological polar surface area (TPSA) is 44.5 Å². The maximum absolute atomic E-state index is 6.35. The monoisotopic (exact) mass is 335 g/mol. The molecule has 20 heavy (non-hydrogen) atoms. The predicted octanol–water partition coefficient (Wildman–Crippen LogP) is 3.82. The SMILES string of the molecule is COc1ccc(C(N)c2cc(C)cc(Br)c2)cc1OC. The molecule has 1 unspecified atom stereocenters. The van der Waals surface area contributed by atoms with E-state index in [1.807, 2.05) is 24.3 Å². The first kappa shape index (κ1) is 14.9. The fraction of sp³-hybridized carbons (Fsp3) is 0.250. The van der Waals surface area contributed by atoms with Gasteiger partial charge in [-0.3, -0.25) is 0 Å². The molecule has 106 valence electrons. The summed E-state index contributed by atoms with van der Waals surface area (Å²) >= 11 is 3.50. The van der Waals surface area contributed by atoms with Crippen LogP contribution in [-0.2, 0) is 0 Å². The number of halogens is 1. The lowest BCUT2D eigenvalue weighted by Gasteiger charge is -2.16. The standard InChI is InChI=1S/C16H18BrNO2/c1-10-6-12(8-13(17)7-10)16(18)11-4-5-14(19-2)15(9-11)20-3/h4-9,16H,18H2,1-3H3. The maximum atomic E-state index is 6.35. The van der Waals surface area contributed by atoms with Crippen LogP contribution < -0.4 is 15.2 Å². The number of hydrogen-bond acceptors (Lipinski definition) is 3. The molecule has 1 atom stereocenters. The molecule has 0 aromatic heterocycles. The fourth-order valence-corrected chi connectivity index (χ4v) is 2.81. The van der Waals surface area contributed by atoms with Gasteiger partial charge >= 0.3 is 0 Å². The Bertz CT molecular complexity index is 593. The summed E-state index contributed by atoms with van der Waals surface area (Å²) in [5.74, 6) is 1.39. The molecule has 0 fully saturated rings. The molecule has 2 rings (SSSR count). The van der Waals surface area contributed by atoms with Crippen molar-refractivity contribution in [3.63, 3.8) is 0 Å². The van der Waals surface area contributed by atoms with Crippen LogP contribution in [0.15, 0.2) is 40.9 Å². The second kappa shape index (κ2) is 6.29. The van der Waals surface area contributed by atoms with Gasteiger partial charge < -0.3 is 15.2 Å². The van der Waals surface area contributed by atoms with Crippen molar-refractivity contribution < 1.29 is 9.47 Å². The zero-order valence-electron chi connectivity index (χ0n) is 11.8. The number of ether oxygens (including phenoxy) is 2. The quantitative estimate of drug-likeness (QED) is 0.923. The van der Waals surface area contributed by atoms with E-state index in [0.29, 0.717) is 11.5 Å². The van der Waals surface area contributed by atoms with Crippen LogP contribution in [0.5, 0.6) is 11.5 Å². The van der Waals surface area contributed by atoms with E-state index in [2.05, 4.69) is 35.0 Å². The Labute approximate surface area is 127 Å². The normalized spacial score (nSPS) is 12.1. The first-order chi connectivity index (χ1) is 9.55. The summed E-state index contributed by atoms with van der Waals surface area (Å²) in [7, 11) is 3.24. The summed E-state index contributed by atoms with van der Waals surface area (Å²) in [6.45, 7) is 2.05. The summed E-state index contributed by atoms with van der Waals surface area (Å²) in [6, 6.07) is 11.7. The molecule has 4 heteroatoms. The number of methoxy groups -OCH3 is 2. The molecule has 3 nitrogen and oxygen atoms in total. The van der Waals surface area contributed by atoms with Crippen molar-refractivity contribution in [2.45, 2.75) is 13.0 Å². The van der Waals surface area contributed by atoms with Gasteiger partial charge in [-0.1, -0.05) is 28.1 Å². The van der Waals surface area contributed by atoms with Gasteiger partial charge in [0.2, 0.25) is 0 Å². The third-order valence-corrected chi connectivity index (χ3v) is 3.65. The largest absolute Gasteiger partial charge is 0.493 e. The summed E-state index contributed by atoms with van der Waals surface area (Å²) < 4.78 is 11.6. The molecule has 2 N–H and O–H groups in total. The molecule has 0 bridgehead atoms. The van der Waals surface area contributed by atoms with Crippen molar-refractivity contribution in [2.75, 3.05) is 14.2 Å². The van der Waals surface area contributed by atoms with Crippen LogP contribution in [0.4, 0.5) is 0 Å². The number of nitrogens with two attached hydrogens (primary N) is 1. The highest BCUT2D eigenvalue weighted by atomic mass is 79.9. The fourth-order valence-electron chi connectivity index (χ4n) is 2.18. The Morgan fingerprint density at radius 1 is 0.950 bits per heavy atom. The van der Waals surface area contributed by atoms with Crippen LogP contribution in [0.25, 0.3) is 0 Å². The van der Waals surface area contributed by atoms with Crippen molar-refractivity contribution in [3.8, 4) is 11.5 Å². The van der Waals surface area contributed by atoms with E-state index in [-0.39, 0.29) is 6.04 Å². The molecule has 0 aliphatic heterocycles. The minimum absolute atomic E-state index is 0.203. The molecule has 0 amide bonds. The van der Waals surface area contributed by atoms with E-state index in [0.717, 1.165) is 15.6 Å². The van der Waals surface area contributed by atoms with Crippen molar-refractivity contribution in [1.82, 2.24) is 0 Å². The third kappa shape index (κ3) is 3.14. The van der Waals surface area contributed by atoms with Crippen LogP contribution in [0.2, 0.25) is 0 Å². The summed E-state index contributed by atoms with van der Waals surface area (Å²) in [5.41, 5.74) is 9.57. The first-order valence-electron chi connectivity index (χ1n) is 6.29. The molecule has 2 aromatic carbocycles. The highest BCUT2D eigenvalue weighted by molar-refractivity contribution is 9.10. The van der Waals surface area contributed by atoms with E-state index in [9.17, 15) is 0 Å². The van der Waals surface area contributed by atoms with E-state index in [1.165, 1.54) is 5.56 Å². The average molecular weight is 336 g/mol. The van der Waals surface area contributed by atoms with Crippen molar-refractivity contribution in [3.05, 3.63) is 57.6 Å². The van der Waals surface area contributed by atoms with Gasteiger partial charge in [0.1, 0.15) is 0 Å². The van der Waals surface area contributed by atoms with Gasteiger partial charge in [0.25, 0.3) is 0 Å². The van der Waals surface area contributed by atoms with Gasteiger partial charge in [0.15, 0.2) is 11.5 Å². The minimum Gasteiger partial charge on any atom is -0.493 e. The Balaban J connectivity index is 2.39. The van der Waals surface area contributed by atoms with E-state index >= 15 is 0 Å². The Hall–Kier alpha value is -1.52. The summed E-state index contributed by atoms with van der Waals surface area (Å²) in [4.78, 5) is 0. The zero-order valence-corrected chi connectivity index (χ0v) is 13.4. The first-order valence-corrected chi connectivity index (χ1v) is 7.09. The molecule has 0 saturated carbocycles. The zero-order chi connectivity index (χ0) is 14.7. The summed E-state index contributed by atoms with van der Waals surface area (Å²) in [6.07, 6.45) is 0. The van der Waals surface area contributed by atoms with Gasteiger partial charge in [-0.15, -0.1) is 0 Å². The maximum Gasteiger partial charge on any atom is 0.161 e. The second-order valence-corrected chi connectivity index (χ2v) is 5.57. The van der Waals surface area contributed by atoms with Crippen LogP contribution in [0.3, 0.4) is 0 Å². The molecule has 2 aromatic rings. The third-order valence-electron chi connectivity index (χ3n) is 3.19. The van der Waals surface area contributed by atoms with Crippen LogP contribution in [0, 0.1) is 6.92 Å². The lowest BCUT2D eigenvalue weighted by Crippen LogP contribution is -2.12. The van der Waals surface area contributed by atoms with E-state index < -0.39 is 0 Å². The van der Waals surface area contributed by atoms with Crippen molar-refractivity contribution in [2.24, 2.45) is 5.73 Å². The van der Waals surface area contributed by atoms with Crippen molar-refractivity contribution in [1.29, 1.82) is 0 Å². The smallest absolute Gasteiger partial charge is 0.161 e. The molecule has 0 heterocycles. The Kier molecular flexibility index (Phi) is 4.68. The lowest BCUT2D eigenvalue weighted by atomic mass is 9.98. The predicted molar refractivity (Wildman–Crippen MR) is 84.5 cm³/mol. The van der Waals surface area contributed by atoms with Gasteiger partial charge in [0.05, 0.1) is 20.3 Å². The highest BCUT2D eigenvalue weighted by Crippen LogP contribution is 2.32. The molecule has 0 aliphatic rings. The number of aryl methyl sites for hydroxylation is 1. The lowest BCUT2D eigenvalue weighted by molar-refractivity contribution is 0.354. The number of benzene rings is 2. The van der Waals surface area contributed by atoms with Gasteiger partial charge in [-0.25, -0.2) is 0 Å². The Morgan fingerprint density at radius 2 is 1.65 bits per heavy atom. The van der Waals surface area contributed by atoms with Crippen LogP contribution in [0.1, 0.15) is 22.7 Å². The van der Waals surface area contributed by atoms with E-state index in [4.69, 9.17) is 15.2 Å². The van der Waals surface area contributed by atoms with Gasteiger partial charge in [0, 0.05) is 4.47 Å². The molecule has 0 saturated heterocycles. The summed E-state index contributed by atoms with van der Waals surface area (Å²) in [5, 5.41) is 0. The molecule has 0 radical (unpaired) electrons. The Morgan fingerprint density at radius 3 is 2.25 bits per heavy atom. The second-order valence-electron chi connectivity index (χ2n) is 4.65. The molecule has 0 spiro atoms. The molecular formula is C16H18BrNO2. The van der Waals surface area contributed by atoms with Crippen LogP contribution >= 0.6 is 15.9 Å². The molecular weight excluding hydrogens is 318 g/mol. The van der Waals surface area contributed by atoms with Crippen molar-refractivity contribution >= 4 is 15.9 Å². The number of hydrogen-bond donors (Lipinski definition) is 1. The molecule has 0 aliphatic carbocycles. The van der Waals surface area contributed by atoms with Crippen LogP contribution in [-0.4, -0.2) is 14.2 Å². The van der Waals surface area contributed by atoms with E-state index in [1.54, 1.807) is 14.2 Å². The number of rotatable bonds is 4. The minimum atomic E-state index is -0.203. The van der Waals surface area contributed by atoms with Gasteiger partial charge in [-0.05, 0) is 47.9 Å². The average Bonchev–Trinajstić information content (AvgIpc) is 2.44. The van der Waals surface area contributed by atoms with Gasteiger partial charge in [-0.2, -0.15) is 0 Å². The highest BCUT2D eigenvalue weighted by Gasteiger charge is 2.13.